The highest BCUT2D eigenvalue weighted by Crippen LogP contribution is 2.20. The van der Waals surface area contributed by atoms with Crippen molar-refractivity contribution < 1.29 is 9.90 Å². The normalized spacial score (nSPS) is 28.6. The third-order valence-corrected chi connectivity index (χ3v) is 2.35. The van der Waals surface area contributed by atoms with E-state index in [0.717, 1.165) is 19.4 Å². The van der Waals surface area contributed by atoms with Crippen LogP contribution in [-0.4, -0.2) is 34.6 Å². The van der Waals surface area contributed by atoms with Gasteiger partial charge in [-0.1, -0.05) is 6.08 Å². The van der Waals surface area contributed by atoms with Crippen molar-refractivity contribution in [3.8, 4) is 0 Å². The Bertz CT molecular complexity index is 211. The molecule has 0 radical (unpaired) electrons. The van der Waals surface area contributed by atoms with Crippen LogP contribution < -0.4 is 0 Å². The molecule has 0 saturated carbocycles. The van der Waals surface area contributed by atoms with E-state index in [9.17, 15) is 9.90 Å². The summed E-state index contributed by atoms with van der Waals surface area (Å²) < 4.78 is 0. The molecule has 1 N–H and O–H groups in total. The summed E-state index contributed by atoms with van der Waals surface area (Å²) in [4.78, 5) is 13.1. The topological polar surface area (TPSA) is 40.5 Å². The average molecular weight is 183 g/mol. The van der Waals surface area contributed by atoms with Gasteiger partial charge in [0.1, 0.15) is 0 Å². The number of carbonyl (C=O) groups excluding carboxylic acids is 1. The molecule has 13 heavy (non-hydrogen) atoms. The number of rotatable bonds is 2. The van der Waals surface area contributed by atoms with Crippen LogP contribution >= 0.6 is 0 Å². The third-order valence-electron chi connectivity index (χ3n) is 2.35. The maximum atomic E-state index is 11.4. The van der Waals surface area contributed by atoms with Crippen molar-refractivity contribution in [2.24, 2.45) is 0 Å². The lowest BCUT2D eigenvalue weighted by Gasteiger charge is -2.36. The van der Waals surface area contributed by atoms with E-state index < -0.39 is 5.60 Å². The van der Waals surface area contributed by atoms with Crippen LogP contribution in [0.25, 0.3) is 0 Å². The van der Waals surface area contributed by atoms with Gasteiger partial charge < -0.3 is 10.0 Å². The zero-order chi connectivity index (χ0) is 9.90. The minimum absolute atomic E-state index is 0.0648. The largest absolute Gasteiger partial charge is 0.388 e. The first kappa shape index (κ1) is 10.3. The average Bonchev–Trinajstić information content (AvgIpc) is 2.03. The van der Waals surface area contributed by atoms with Crippen LogP contribution in [0.3, 0.4) is 0 Å². The number of carbonyl (C=O) groups is 1. The first-order valence-corrected chi connectivity index (χ1v) is 4.66. The van der Waals surface area contributed by atoms with Crippen molar-refractivity contribution in [1.29, 1.82) is 0 Å². The van der Waals surface area contributed by atoms with Crippen LogP contribution in [0.15, 0.2) is 12.7 Å². The molecule has 0 aromatic heterocycles. The fourth-order valence-electron chi connectivity index (χ4n) is 1.69. The minimum atomic E-state index is -0.699. The quantitative estimate of drug-likeness (QED) is 0.647. The molecule has 1 aliphatic rings. The van der Waals surface area contributed by atoms with Crippen molar-refractivity contribution in [2.45, 2.75) is 31.8 Å². The van der Waals surface area contributed by atoms with Crippen molar-refractivity contribution in [2.75, 3.05) is 13.1 Å². The van der Waals surface area contributed by atoms with E-state index in [1.807, 2.05) is 0 Å². The number of nitrogens with zero attached hydrogens (tertiary/aromatic N) is 1. The fourth-order valence-corrected chi connectivity index (χ4v) is 1.69. The van der Waals surface area contributed by atoms with Crippen LogP contribution in [0, 0.1) is 0 Å². The van der Waals surface area contributed by atoms with Gasteiger partial charge in [0, 0.05) is 19.5 Å². The molecular formula is C10H17NO2. The maximum absolute atomic E-state index is 11.4. The molecule has 1 atom stereocenters. The number of β-amino-alcohol motifs (C(OH)–C–C–N with tert-alkyl or cyclic N) is 1. The molecule has 0 aliphatic carbocycles. The Morgan fingerprint density at radius 1 is 1.77 bits per heavy atom. The number of amides is 1. The van der Waals surface area contributed by atoms with E-state index in [4.69, 9.17) is 0 Å². The van der Waals surface area contributed by atoms with Crippen molar-refractivity contribution >= 4 is 5.91 Å². The molecule has 1 fully saturated rings. The van der Waals surface area contributed by atoms with E-state index in [2.05, 4.69) is 6.58 Å². The van der Waals surface area contributed by atoms with Gasteiger partial charge in [0.05, 0.1) is 5.60 Å². The van der Waals surface area contributed by atoms with Gasteiger partial charge in [0.2, 0.25) is 5.91 Å². The minimum Gasteiger partial charge on any atom is -0.388 e. The molecule has 1 saturated heterocycles. The van der Waals surface area contributed by atoms with Gasteiger partial charge in [-0.25, -0.2) is 0 Å². The predicted octanol–water partition coefficient (Wildman–Crippen LogP) is 0.936. The summed E-state index contributed by atoms with van der Waals surface area (Å²) in [6.07, 6.45) is 3.64. The Kier molecular flexibility index (Phi) is 3.09. The predicted molar refractivity (Wildman–Crippen MR) is 51.3 cm³/mol. The number of hydrogen-bond donors (Lipinski definition) is 1. The molecule has 1 unspecified atom stereocenters. The Balaban J connectivity index is 2.51. The van der Waals surface area contributed by atoms with E-state index >= 15 is 0 Å². The van der Waals surface area contributed by atoms with Gasteiger partial charge in [-0.05, 0) is 19.8 Å². The second kappa shape index (κ2) is 3.92. The lowest BCUT2D eigenvalue weighted by Crippen LogP contribution is -2.48. The molecule has 0 spiro atoms. The summed E-state index contributed by atoms with van der Waals surface area (Å²) in [5, 5.41) is 9.74. The van der Waals surface area contributed by atoms with E-state index in [-0.39, 0.29) is 5.91 Å². The Morgan fingerprint density at radius 3 is 3.00 bits per heavy atom. The van der Waals surface area contributed by atoms with Crippen LogP contribution in [0.5, 0.6) is 0 Å². The first-order valence-electron chi connectivity index (χ1n) is 4.66. The standard InChI is InChI=1S/C10H17NO2/c1-3-5-9(12)11-7-4-6-10(2,13)8-11/h3,13H,1,4-8H2,2H3. The summed E-state index contributed by atoms with van der Waals surface area (Å²) in [7, 11) is 0. The van der Waals surface area contributed by atoms with Crippen LogP contribution in [0.2, 0.25) is 0 Å². The lowest BCUT2D eigenvalue weighted by atomic mass is 9.95. The highest BCUT2D eigenvalue weighted by atomic mass is 16.3. The molecule has 1 aliphatic heterocycles. The lowest BCUT2D eigenvalue weighted by molar-refractivity contribution is -0.136. The van der Waals surface area contributed by atoms with Crippen LogP contribution in [0.1, 0.15) is 26.2 Å². The van der Waals surface area contributed by atoms with Crippen molar-refractivity contribution in [3.05, 3.63) is 12.7 Å². The molecular weight excluding hydrogens is 166 g/mol. The van der Waals surface area contributed by atoms with Crippen LogP contribution in [-0.2, 0) is 4.79 Å². The second-order valence-corrected chi connectivity index (χ2v) is 3.91. The summed E-state index contributed by atoms with van der Waals surface area (Å²) >= 11 is 0. The molecule has 3 heteroatoms. The Morgan fingerprint density at radius 2 is 2.46 bits per heavy atom. The van der Waals surface area contributed by atoms with Gasteiger partial charge >= 0.3 is 0 Å². The maximum Gasteiger partial charge on any atom is 0.226 e. The summed E-state index contributed by atoms with van der Waals surface area (Å²) in [6.45, 7) is 6.52. The fraction of sp³-hybridized carbons (Fsp3) is 0.700. The first-order chi connectivity index (χ1) is 6.05. The number of aliphatic hydroxyl groups is 1. The van der Waals surface area contributed by atoms with Gasteiger partial charge in [-0.15, -0.1) is 6.58 Å². The van der Waals surface area contributed by atoms with E-state index in [0.29, 0.717) is 13.0 Å². The molecule has 0 bridgehead atoms. The highest BCUT2D eigenvalue weighted by molar-refractivity contribution is 5.77. The van der Waals surface area contributed by atoms with Gasteiger partial charge in [0.25, 0.3) is 0 Å². The third kappa shape index (κ3) is 2.84. The van der Waals surface area contributed by atoms with Crippen LogP contribution in [0.4, 0.5) is 0 Å². The van der Waals surface area contributed by atoms with E-state index in [1.165, 1.54) is 0 Å². The molecule has 74 valence electrons. The summed E-state index contributed by atoms with van der Waals surface area (Å²) in [5.41, 5.74) is -0.699. The molecule has 0 aromatic rings. The zero-order valence-corrected chi connectivity index (χ0v) is 8.12. The monoisotopic (exact) mass is 183 g/mol. The SMILES string of the molecule is C=CCC(=O)N1CCCC(C)(O)C1. The second-order valence-electron chi connectivity index (χ2n) is 3.91. The summed E-state index contributed by atoms with van der Waals surface area (Å²) in [6, 6.07) is 0. The Hall–Kier alpha value is -0.830. The zero-order valence-electron chi connectivity index (χ0n) is 8.12. The molecule has 1 rings (SSSR count). The number of likely N-dealkylation sites (tertiary alicyclic amines) is 1. The smallest absolute Gasteiger partial charge is 0.226 e. The molecule has 0 aromatic carbocycles. The number of piperidine rings is 1. The number of hydrogen-bond acceptors (Lipinski definition) is 2. The molecule has 3 nitrogen and oxygen atoms in total. The Labute approximate surface area is 79.0 Å². The van der Waals surface area contributed by atoms with E-state index in [1.54, 1.807) is 17.9 Å². The van der Waals surface area contributed by atoms with Gasteiger partial charge in [-0.3, -0.25) is 4.79 Å². The van der Waals surface area contributed by atoms with Gasteiger partial charge in [-0.2, -0.15) is 0 Å². The van der Waals surface area contributed by atoms with Crippen molar-refractivity contribution in [3.63, 3.8) is 0 Å². The molecule has 1 heterocycles. The summed E-state index contributed by atoms with van der Waals surface area (Å²) in [5.74, 6) is 0.0648. The highest BCUT2D eigenvalue weighted by Gasteiger charge is 2.30. The van der Waals surface area contributed by atoms with Gasteiger partial charge in [0.15, 0.2) is 0 Å². The van der Waals surface area contributed by atoms with Crippen molar-refractivity contribution in [1.82, 2.24) is 4.90 Å². The molecule has 1 amide bonds.